The standard InChI is InChI=1S/C9H13N3O4/c10-7-5(3-1-2-4-6(13)14)8(15)12-9(16)11-7/h1-4H2,(H,13,14)(H4,10,11,12,15,16). The predicted octanol–water partition coefficient (Wildman–Crippen LogP) is -0.557. The second kappa shape index (κ2) is 5.15. The van der Waals surface area contributed by atoms with Gasteiger partial charge in [0.15, 0.2) is 0 Å². The van der Waals surface area contributed by atoms with E-state index in [2.05, 4.69) is 9.97 Å². The maximum atomic E-state index is 11.3. The Bertz CT molecular complexity index is 488. The fourth-order valence-corrected chi connectivity index (χ4v) is 1.36. The van der Waals surface area contributed by atoms with E-state index in [1.807, 2.05) is 0 Å². The van der Waals surface area contributed by atoms with E-state index in [4.69, 9.17) is 10.8 Å². The Kier molecular flexibility index (Phi) is 3.87. The first-order valence-electron chi connectivity index (χ1n) is 4.83. The van der Waals surface area contributed by atoms with Crippen molar-refractivity contribution in [2.24, 2.45) is 0 Å². The first-order valence-corrected chi connectivity index (χ1v) is 4.83. The van der Waals surface area contributed by atoms with Gasteiger partial charge in [-0.1, -0.05) is 0 Å². The number of anilines is 1. The Morgan fingerprint density at radius 1 is 1.25 bits per heavy atom. The number of aromatic amines is 2. The van der Waals surface area contributed by atoms with Gasteiger partial charge in [0.2, 0.25) is 0 Å². The van der Waals surface area contributed by atoms with Crippen LogP contribution in [0.2, 0.25) is 0 Å². The third-order valence-electron chi connectivity index (χ3n) is 2.14. The van der Waals surface area contributed by atoms with Crippen molar-refractivity contribution in [3.05, 3.63) is 26.4 Å². The van der Waals surface area contributed by atoms with E-state index in [1.165, 1.54) is 0 Å². The number of unbranched alkanes of at least 4 members (excludes halogenated alkanes) is 1. The molecular formula is C9H13N3O4. The summed E-state index contributed by atoms with van der Waals surface area (Å²) < 4.78 is 0. The minimum absolute atomic E-state index is 0.0454. The Morgan fingerprint density at radius 3 is 2.50 bits per heavy atom. The number of hydrogen-bond acceptors (Lipinski definition) is 4. The molecule has 1 rings (SSSR count). The molecule has 0 aliphatic carbocycles. The van der Waals surface area contributed by atoms with Crippen molar-refractivity contribution in [1.82, 2.24) is 9.97 Å². The maximum Gasteiger partial charge on any atom is 0.327 e. The summed E-state index contributed by atoms with van der Waals surface area (Å²) >= 11 is 0. The minimum atomic E-state index is -0.872. The Hall–Kier alpha value is -2.05. The highest BCUT2D eigenvalue weighted by molar-refractivity contribution is 5.66. The van der Waals surface area contributed by atoms with E-state index >= 15 is 0 Å². The SMILES string of the molecule is Nc1[nH]c(=O)[nH]c(=O)c1CCCCC(=O)O. The number of nitrogens with one attached hydrogen (secondary N) is 2. The van der Waals surface area contributed by atoms with Crippen LogP contribution in [0.15, 0.2) is 9.59 Å². The molecule has 0 fully saturated rings. The van der Waals surface area contributed by atoms with Gasteiger partial charge >= 0.3 is 11.7 Å². The van der Waals surface area contributed by atoms with E-state index < -0.39 is 17.2 Å². The number of aromatic nitrogens is 2. The van der Waals surface area contributed by atoms with Crippen molar-refractivity contribution in [2.75, 3.05) is 5.73 Å². The molecule has 1 aromatic rings. The third-order valence-corrected chi connectivity index (χ3v) is 2.14. The average Bonchev–Trinajstić information content (AvgIpc) is 2.14. The number of carboxylic acids is 1. The molecule has 1 aromatic heterocycles. The molecule has 0 atom stereocenters. The minimum Gasteiger partial charge on any atom is -0.481 e. The van der Waals surface area contributed by atoms with Crippen molar-refractivity contribution in [3.63, 3.8) is 0 Å². The van der Waals surface area contributed by atoms with Crippen LogP contribution >= 0.6 is 0 Å². The summed E-state index contributed by atoms with van der Waals surface area (Å²) in [6.45, 7) is 0. The summed E-state index contributed by atoms with van der Waals surface area (Å²) in [7, 11) is 0. The summed E-state index contributed by atoms with van der Waals surface area (Å²) in [5, 5.41) is 8.42. The van der Waals surface area contributed by atoms with Gasteiger partial charge in [-0.3, -0.25) is 19.6 Å². The van der Waals surface area contributed by atoms with E-state index in [0.717, 1.165) is 0 Å². The number of carbonyl (C=O) groups is 1. The summed E-state index contributed by atoms with van der Waals surface area (Å²) in [5.41, 5.74) is 4.61. The molecule has 0 saturated carbocycles. The fraction of sp³-hybridized carbons (Fsp3) is 0.444. The molecule has 0 bridgehead atoms. The Labute approximate surface area is 90.3 Å². The largest absolute Gasteiger partial charge is 0.481 e. The van der Waals surface area contributed by atoms with Gasteiger partial charge in [0.05, 0.1) is 5.56 Å². The van der Waals surface area contributed by atoms with Crippen LogP contribution in [0.5, 0.6) is 0 Å². The van der Waals surface area contributed by atoms with Crippen molar-refractivity contribution >= 4 is 11.8 Å². The summed E-state index contributed by atoms with van der Waals surface area (Å²) in [5.74, 6) is -0.826. The van der Waals surface area contributed by atoms with Crippen molar-refractivity contribution < 1.29 is 9.90 Å². The first-order chi connectivity index (χ1) is 7.50. The van der Waals surface area contributed by atoms with Crippen LogP contribution in [0.25, 0.3) is 0 Å². The maximum absolute atomic E-state index is 11.3. The van der Waals surface area contributed by atoms with E-state index in [1.54, 1.807) is 0 Å². The molecule has 0 aliphatic heterocycles. The molecule has 0 saturated heterocycles. The molecule has 0 radical (unpaired) electrons. The molecule has 0 aliphatic rings. The van der Waals surface area contributed by atoms with Gasteiger partial charge < -0.3 is 10.8 Å². The quantitative estimate of drug-likeness (QED) is 0.501. The summed E-state index contributed by atoms with van der Waals surface area (Å²) in [4.78, 5) is 36.7. The zero-order valence-corrected chi connectivity index (χ0v) is 8.58. The third kappa shape index (κ3) is 3.26. The van der Waals surface area contributed by atoms with Crippen LogP contribution in [0, 0.1) is 0 Å². The number of rotatable bonds is 5. The van der Waals surface area contributed by atoms with Gasteiger partial charge in [0.1, 0.15) is 5.82 Å². The van der Waals surface area contributed by atoms with Crippen molar-refractivity contribution in [3.8, 4) is 0 Å². The highest BCUT2D eigenvalue weighted by atomic mass is 16.4. The van der Waals surface area contributed by atoms with Gasteiger partial charge in [0, 0.05) is 6.42 Å². The second-order valence-corrected chi connectivity index (χ2v) is 3.40. The molecular weight excluding hydrogens is 214 g/mol. The molecule has 0 amide bonds. The predicted molar refractivity (Wildman–Crippen MR) is 57.3 cm³/mol. The monoisotopic (exact) mass is 227 g/mol. The lowest BCUT2D eigenvalue weighted by Crippen LogP contribution is -2.27. The summed E-state index contributed by atoms with van der Waals surface area (Å²) in [6, 6.07) is 0. The number of H-pyrrole nitrogens is 2. The molecule has 0 spiro atoms. The van der Waals surface area contributed by atoms with Crippen LogP contribution in [0.1, 0.15) is 24.8 Å². The average molecular weight is 227 g/mol. The highest BCUT2D eigenvalue weighted by Crippen LogP contribution is 2.06. The molecule has 1 heterocycles. The summed E-state index contributed by atoms with van der Waals surface area (Å²) in [6.07, 6.45) is 1.41. The molecule has 7 heteroatoms. The molecule has 88 valence electrons. The number of hydrogen-bond donors (Lipinski definition) is 4. The van der Waals surface area contributed by atoms with Crippen LogP contribution in [-0.2, 0) is 11.2 Å². The topological polar surface area (TPSA) is 129 Å². The van der Waals surface area contributed by atoms with E-state index in [-0.39, 0.29) is 12.2 Å². The smallest absolute Gasteiger partial charge is 0.327 e. The van der Waals surface area contributed by atoms with Crippen LogP contribution in [0.3, 0.4) is 0 Å². The Morgan fingerprint density at radius 2 is 1.94 bits per heavy atom. The second-order valence-electron chi connectivity index (χ2n) is 3.40. The number of nitrogen functional groups attached to an aromatic ring is 1. The first kappa shape index (κ1) is 12.0. The van der Waals surface area contributed by atoms with Gasteiger partial charge in [-0.15, -0.1) is 0 Å². The normalized spacial score (nSPS) is 10.2. The lowest BCUT2D eigenvalue weighted by molar-refractivity contribution is -0.137. The number of nitrogens with two attached hydrogens (primary N) is 1. The Balaban J connectivity index is 2.64. The zero-order valence-electron chi connectivity index (χ0n) is 8.58. The van der Waals surface area contributed by atoms with Crippen LogP contribution in [-0.4, -0.2) is 21.0 Å². The van der Waals surface area contributed by atoms with Crippen LogP contribution in [0.4, 0.5) is 5.82 Å². The molecule has 0 unspecified atom stereocenters. The van der Waals surface area contributed by atoms with Gasteiger partial charge in [-0.05, 0) is 19.3 Å². The van der Waals surface area contributed by atoms with Crippen molar-refractivity contribution in [1.29, 1.82) is 0 Å². The van der Waals surface area contributed by atoms with Gasteiger partial charge in [0.25, 0.3) is 5.56 Å². The van der Waals surface area contributed by atoms with Gasteiger partial charge in [-0.2, -0.15) is 0 Å². The fourth-order valence-electron chi connectivity index (χ4n) is 1.36. The molecule has 7 nitrogen and oxygen atoms in total. The zero-order chi connectivity index (χ0) is 12.1. The number of carboxylic acid groups (broad SMARTS) is 1. The molecule has 16 heavy (non-hydrogen) atoms. The number of aliphatic carboxylic acids is 1. The molecule has 5 N–H and O–H groups in total. The lowest BCUT2D eigenvalue weighted by atomic mass is 10.1. The lowest BCUT2D eigenvalue weighted by Gasteiger charge is -2.02. The van der Waals surface area contributed by atoms with E-state index in [0.29, 0.717) is 24.8 Å². The highest BCUT2D eigenvalue weighted by Gasteiger charge is 2.06. The van der Waals surface area contributed by atoms with Crippen LogP contribution < -0.4 is 17.0 Å². The van der Waals surface area contributed by atoms with E-state index in [9.17, 15) is 14.4 Å². The molecule has 0 aromatic carbocycles. The van der Waals surface area contributed by atoms with Gasteiger partial charge in [-0.25, -0.2) is 4.79 Å². The van der Waals surface area contributed by atoms with Crippen molar-refractivity contribution in [2.45, 2.75) is 25.7 Å².